The maximum Gasteiger partial charge on any atom is 0.337 e. The lowest BCUT2D eigenvalue weighted by Gasteiger charge is -2.11. The summed E-state index contributed by atoms with van der Waals surface area (Å²) in [5.74, 6) is -0.601. The van der Waals surface area contributed by atoms with Gasteiger partial charge in [-0.1, -0.05) is 48.5 Å². The number of ether oxygens (including phenoxy) is 1. The molecule has 4 N–H and O–H groups in total. The van der Waals surface area contributed by atoms with Gasteiger partial charge < -0.3 is 15.8 Å². The van der Waals surface area contributed by atoms with Crippen molar-refractivity contribution in [1.29, 1.82) is 5.41 Å². The van der Waals surface area contributed by atoms with E-state index in [-0.39, 0.29) is 24.7 Å². The summed E-state index contributed by atoms with van der Waals surface area (Å²) < 4.78 is 4.87. The summed E-state index contributed by atoms with van der Waals surface area (Å²) in [4.78, 5) is 24.4. The second-order valence-electron chi connectivity index (χ2n) is 6.84. The SMILES string of the molecule is COC(=O)c1cc(CNC(=O)Cc2ccccc2)cc(-c2cccc(C(=N)N)c2)c1. The van der Waals surface area contributed by atoms with Crippen molar-refractivity contribution < 1.29 is 14.3 Å². The zero-order chi connectivity index (χ0) is 21.5. The topological polar surface area (TPSA) is 105 Å². The number of methoxy groups -OCH3 is 1. The molecule has 0 aromatic heterocycles. The molecule has 0 aliphatic carbocycles. The second-order valence-corrected chi connectivity index (χ2v) is 6.84. The van der Waals surface area contributed by atoms with Crippen molar-refractivity contribution in [2.75, 3.05) is 7.11 Å². The van der Waals surface area contributed by atoms with E-state index in [1.165, 1.54) is 7.11 Å². The summed E-state index contributed by atoms with van der Waals surface area (Å²) in [6.07, 6.45) is 0.283. The number of nitrogens with one attached hydrogen (secondary N) is 2. The Morgan fingerprint density at radius 3 is 2.33 bits per heavy atom. The van der Waals surface area contributed by atoms with Gasteiger partial charge in [0.1, 0.15) is 5.84 Å². The normalized spacial score (nSPS) is 10.3. The average molecular weight is 401 g/mol. The van der Waals surface area contributed by atoms with Gasteiger partial charge in [0.25, 0.3) is 0 Å². The first-order valence-electron chi connectivity index (χ1n) is 9.44. The van der Waals surface area contributed by atoms with Crippen LogP contribution in [0.2, 0.25) is 0 Å². The smallest absolute Gasteiger partial charge is 0.337 e. The monoisotopic (exact) mass is 401 g/mol. The first-order valence-corrected chi connectivity index (χ1v) is 9.44. The number of esters is 1. The van der Waals surface area contributed by atoms with Crippen LogP contribution in [0.3, 0.4) is 0 Å². The Balaban J connectivity index is 1.84. The van der Waals surface area contributed by atoms with Gasteiger partial charge in [-0.15, -0.1) is 0 Å². The molecule has 152 valence electrons. The zero-order valence-corrected chi connectivity index (χ0v) is 16.6. The fourth-order valence-electron chi connectivity index (χ4n) is 3.11. The number of amidine groups is 1. The van der Waals surface area contributed by atoms with Crippen molar-refractivity contribution in [2.45, 2.75) is 13.0 Å². The van der Waals surface area contributed by atoms with E-state index in [0.29, 0.717) is 11.1 Å². The predicted octanol–water partition coefficient (Wildman–Crippen LogP) is 3.28. The number of nitrogens with two attached hydrogens (primary N) is 1. The minimum absolute atomic E-state index is 0.0330. The van der Waals surface area contributed by atoms with Crippen LogP contribution in [0.1, 0.15) is 27.0 Å². The first-order chi connectivity index (χ1) is 14.5. The molecule has 0 saturated carbocycles. The second kappa shape index (κ2) is 9.52. The van der Waals surface area contributed by atoms with Gasteiger partial charge in [0.2, 0.25) is 5.91 Å². The maximum atomic E-state index is 12.3. The molecule has 3 aromatic carbocycles. The molecule has 0 unspecified atom stereocenters. The number of carbonyl (C=O) groups is 2. The van der Waals surface area contributed by atoms with Gasteiger partial charge in [0.05, 0.1) is 19.1 Å². The van der Waals surface area contributed by atoms with Gasteiger partial charge in [-0.25, -0.2) is 4.79 Å². The fourth-order valence-corrected chi connectivity index (χ4v) is 3.11. The summed E-state index contributed by atoms with van der Waals surface area (Å²) in [6, 6.07) is 22.0. The summed E-state index contributed by atoms with van der Waals surface area (Å²) in [6.45, 7) is 0.274. The van der Waals surface area contributed by atoms with Crippen LogP contribution in [-0.4, -0.2) is 24.8 Å². The molecule has 6 nitrogen and oxygen atoms in total. The molecular formula is C24H23N3O3. The Hall–Kier alpha value is -3.93. The third-order valence-electron chi connectivity index (χ3n) is 4.62. The molecule has 1 amide bonds. The lowest BCUT2D eigenvalue weighted by Crippen LogP contribution is -2.24. The van der Waals surface area contributed by atoms with Gasteiger partial charge in [0.15, 0.2) is 0 Å². The highest BCUT2D eigenvalue weighted by atomic mass is 16.5. The average Bonchev–Trinajstić information content (AvgIpc) is 2.77. The standard InChI is InChI=1S/C24H23N3O3/c1-30-24(29)21-11-17(15-27-22(28)12-16-6-3-2-4-7-16)10-20(14-21)18-8-5-9-19(13-18)23(25)26/h2-11,13-14H,12,15H2,1H3,(H3,25,26)(H,27,28). The van der Waals surface area contributed by atoms with Crippen LogP contribution >= 0.6 is 0 Å². The molecule has 30 heavy (non-hydrogen) atoms. The highest BCUT2D eigenvalue weighted by Gasteiger charge is 2.12. The molecule has 3 aromatic rings. The van der Waals surface area contributed by atoms with Crippen LogP contribution in [-0.2, 0) is 22.5 Å². The largest absolute Gasteiger partial charge is 0.465 e. The molecular weight excluding hydrogens is 378 g/mol. The third kappa shape index (κ3) is 5.32. The Labute approximate surface area is 175 Å². The van der Waals surface area contributed by atoms with Crippen LogP contribution in [0, 0.1) is 5.41 Å². The Bertz CT molecular complexity index is 1080. The van der Waals surface area contributed by atoms with E-state index in [2.05, 4.69) is 5.32 Å². The number of amides is 1. The van der Waals surface area contributed by atoms with Crippen LogP contribution < -0.4 is 11.1 Å². The lowest BCUT2D eigenvalue weighted by molar-refractivity contribution is -0.120. The molecule has 6 heteroatoms. The molecule has 0 spiro atoms. The Morgan fingerprint density at radius 2 is 1.63 bits per heavy atom. The number of nitrogen functional groups attached to an aromatic ring is 1. The number of hydrogen-bond donors (Lipinski definition) is 3. The zero-order valence-electron chi connectivity index (χ0n) is 16.6. The van der Waals surface area contributed by atoms with Crippen molar-refractivity contribution in [3.05, 3.63) is 95.1 Å². The molecule has 0 aliphatic rings. The van der Waals surface area contributed by atoms with E-state index >= 15 is 0 Å². The number of hydrogen-bond acceptors (Lipinski definition) is 4. The van der Waals surface area contributed by atoms with Gasteiger partial charge in [-0.05, 0) is 46.5 Å². The quantitative estimate of drug-likeness (QED) is 0.321. The van der Waals surface area contributed by atoms with E-state index in [4.69, 9.17) is 15.9 Å². The molecule has 0 radical (unpaired) electrons. The summed E-state index contributed by atoms with van der Waals surface area (Å²) in [5, 5.41) is 10.5. The van der Waals surface area contributed by atoms with E-state index in [0.717, 1.165) is 22.3 Å². The van der Waals surface area contributed by atoms with Gasteiger partial charge in [-0.2, -0.15) is 0 Å². The number of carbonyl (C=O) groups excluding carboxylic acids is 2. The molecule has 0 saturated heterocycles. The van der Waals surface area contributed by atoms with Crippen molar-refractivity contribution in [2.24, 2.45) is 5.73 Å². The summed E-state index contributed by atoms with van der Waals surface area (Å²) in [7, 11) is 1.33. The van der Waals surface area contributed by atoms with Crippen molar-refractivity contribution >= 4 is 17.7 Å². The third-order valence-corrected chi connectivity index (χ3v) is 4.62. The minimum Gasteiger partial charge on any atom is -0.465 e. The Kier molecular flexibility index (Phi) is 6.60. The fraction of sp³-hybridized carbons (Fsp3) is 0.125. The molecule has 0 heterocycles. The number of benzene rings is 3. The predicted molar refractivity (Wildman–Crippen MR) is 116 cm³/mol. The van der Waals surface area contributed by atoms with Gasteiger partial charge >= 0.3 is 5.97 Å². The van der Waals surface area contributed by atoms with Crippen molar-refractivity contribution in [3.63, 3.8) is 0 Å². The molecule has 0 bridgehead atoms. The summed E-state index contributed by atoms with van der Waals surface area (Å²) in [5.41, 5.74) is 9.85. The highest BCUT2D eigenvalue weighted by molar-refractivity contribution is 5.96. The van der Waals surface area contributed by atoms with Crippen LogP contribution in [0.25, 0.3) is 11.1 Å². The van der Waals surface area contributed by atoms with E-state index in [1.807, 2.05) is 42.5 Å². The van der Waals surface area contributed by atoms with Crippen molar-refractivity contribution in [3.8, 4) is 11.1 Å². The van der Waals surface area contributed by atoms with E-state index in [1.54, 1.807) is 30.3 Å². The molecule has 0 aliphatic heterocycles. The highest BCUT2D eigenvalue weighted by Crippen LogP contribution is 2.24. The molecule has 3 rings (SSSR count). The van der Waals surface area contributed by atoms with Crippen LogP contribution in [0.15, 0.2) is 72.8 Å². The van der Waals surface area contributed by atoms with E-state index < -0.39 is 5.97 Å². The summed E-state index contributed by atoms with van der Waals surface area (Å²) >= 11 is 0. The number of rotatable bonds is 7. The van der Waals surface area contributed by atoms with E-state index in [9.17, 15) is 9.59 Å². The van der Waals surface area contributed by atoms with Crippen molar-refractivity contribution in [1.82, 2.24) is 5.32 Å². The first kappa shape index (κ1) is 20.8. The van der Waals surface area contributed by atoms with Gasteiger partial charge in [0, 0.05) is 12.1 Å². The molecule has 0 atom stereocenters. The van der Waals surface area contributed by atoms with Crippen LogP contribution in [0.4, 0.5) is 0 Å². The van der Waals surface area contributed by atoms with Crippen LogP contribution in [0.5, 0.6) is 0 Å². The lowest BCUT2D eigenvalue weighted by atomic mass is 9.98. The maximum absolute atomic E-state index is 12.3. The minimum atomic E-state index is -0.462. The molecule has 0 fully saturated rings. The Morgan fingerprint density at radius 1 is 0.900 bits per heavy atom. The van der Waals surface area contributed by atoms with Gasteiger partial charge in [-0.3, -0.25) is 10.2 Å².